The molecule has 1 aromatic heterocycles. The summed E-state index contributed by atoms with van der Waals surface area (Å²) in [6.45, 7) is 0.723. The lowest BCUT2D eigenvalue weighted by atomic mass is 9.97. The van der Waals surface area contributed by atoms with E-state index in [4.69, 9.17) is 0 Å². The highest BCUT2D eigenvalue weighted by Crippen LogP contribution is 2.40. The fraction of sp³-hybridized carbons (Fsp3) is 0.375. The summed E-state index contributed by atoms with van der Waals surface area (Å²) in [5.41, 5.74) is 0.359. The number of aromatic nitrogens is 2. The molecular weight excluding hydrogens is 307 g/mol. The molecule has 4 nitrogen and oxygen atoms in total. The standard InChI is InChI=1S/C16H16F3N3O/c17-16(18,19)14-4-2-1-3-13(14)15-5-12(23)9-22(15)8-11-6-20-10-21-7-11/h1-4,6-7,10,12,15,23H,5,8-9H2. The molecule has 0 amide bonds. The molecule has 0 aliphatic carbocycles. The first-order valence-electron chi connectivity index (χ1n) is 7.27. The lowest BCUT2D eigenvalue weighted by Crippen LogP contribution is -2.26. The predicted molar refractivity (Wildman–Crippen MR) is 77.3 cm³/mol. The molecule has 1 saturated heterocycles. The average Bonchev–Trinajstić information content (AvgIpc) is 2.88. The molecule has 2 atom stereocenters. The smallest absolute Gasteiger partial charge is 0.392 e. The molecular formula is C16H16F3N3O. The maximum atomic E-state index is 13.3. The number of alkyl halides is 3. The van der Waals surface area contributed by atoms with Crippen LogP contribution in [-0.2, 0) is 12.7 Å². The number of likely N-dealkylation sites (tertiary alicyclic amines) is 1. The molecule has 0 spiro atoms. The lowest BCUT2D eigenvalue weighted by molar-refractivity contribution is -0.138. The van der Waals surface area contributed by atoms with Crippen LogP contribution in [0.15, 0.2) is 43.0 Å². The molecule has 2 heterocycles. The quantitative estimate of drug-likeness (QED) is 0.944. The summed E-state index contributed by atoms with van der Waals surface area (Å²) in [6.07, 6.45) is -0.119. The Balaban J connectivity index is 1.91. The van der Waals surface area contributed by atoms with Crippen LogP contribution < -0.4 is 0 Å². The normalized spacial score (nSPS) is 22.4. The van der Waals surface area contributed by atoms with Crippen molar-refractivity contribution in [1.29, 1.82) is 0 Å². The maximum absolute atomic E-state index is 13.3. The predicted octanol–water partition coefficient (Wildman–Crippen LogP) is 2.80. The third-order valence-electron chi connectivity index (χ3n) is 4.01. The fourth-order valence-electron chi connectivity index (χ4n) is 3.07. The van der Waals surface area contributed by atoms with Crippen molar-refractivity contribution < 1.29 is 18.3 Å². The minimum Gasteiger partial charge on any atom is -0.392 e. The number of hydrogen-bond donors (Lipinski definition) is 1. The molecule has 2 aromatic rings. The average molecular weight is 323 g/mol. The number of aliphatic hydroxyl groups is 1. The third kappa shape index (κ3) is 3.51. The monoisotopic (exact) mass is 323 g/mol. The Morgan fingerprint density at radius 3 is 2.57 bits per heavy atom. The van der Waals surface area contributed by atoms with Crippen LogP contribution in [0, 0.1) is 0 Å². The number of nitrogens with zero attached hydrogens (tertiary/aromatic N) is 3. The van der Waals surface area contributed by atoms with E-state index in [1.165, 1.54) is 18.5 Å². The van der Waals surface area contributed by atoms with Crippen molar-refractivity contribution in [2.75, 3.05) is 6.54 Å². The highest BCUT2D eigenvalue weighted by atomic mass is 19.4. The molecule has 23 heavy (non-hydrogen) atoms. The van der Waals surface area contributed by atoms with E-state index in [0.29, 0.717) is 13.1 Å². The first kappa shape index (κ1) is 15.9. The van der Waals surface area contributed by atoms with Crippen LogP contribution in [0.2, 0.25) is 0 Å². The van der Waals surface area contributed by atoms with Gasteiger partial charge in [0.2, 0.25) is 0 Å². The van der Waals surface area contributed by atoms with E-state index in [9.17, 15) is 18.3 Å². The van der Waals surface area contributed by atoms with Gasteiger partial charge in [-0.05, 0) is 18.1 Å². The summed E-state index contributed by atoms with van der Waals surface area (Å²) in [6, 6.07) is 5.07. The van der Waals surface area contributed by atoms with Gasteiger partial charge in [-0.25, -0.2) is 9.97 Å². The highest BCUT2D eigenvalue weighted by Gasteiger charge is 2.39. The molecule has 1 aliphatic heterocycles. The van der Waals surface area contributed by atoms with E-state index < -0.39 is 23.9 Å². The summed E-state index contributed by atoms with van der Waals surface area (Å²) in [5.74, 6) is 0. The van der Waals surface area contributed by atoms with E-state index in [2.05, 4.69) is 9.97 Å². The van der Waals surface area contributed by atoms with Crippen molar-refractivity contribution in [3.05, 3.63) is 59.7 Å². The van der Waals surface area contributed by atoms with Gasteiger partial charge < -0.3 is 5.11 Å². The number of aliphatic hydroxyl groups excluding tert-OH is 1. The van der Waals surface area contributed by atoms with Crippen molar-refractivity contribution in [3.8, 4) is 0 Å². The first-order valence-corrected chi connectivity index (χ1v) is 7.27. The minimum absolute atomic E-state index is 0.202. The van der Waals surface area contributed by atoms with E-state index in [0.717, 1.165) is 11.6 Å². The Morgan fingerprint density at radius 1 is 1.17 bits per heavy atom. The van der Waals surface area contributed by atoms with Crippen molar-refractivity contribution in [1.82, 2.24) is 14.9 Å². The minimum atomic E-state index is -4.41. The zero-order valence-corrected chi connectivity index (χ0v) is 12.2. The Hall–Kier alpha value is -1.99. The molecule has 0 bridgehead atoms. The maximum Gasteiger partial charge on any atom is 0.416 e. The largest absolute Gasteiger partial charge is 0.416 e. The fourth-order valence-corrected chi connectivity index (χ4v) is 3.07. The zero-order valence-electron chi connectivity index (χ0n) is 12.2. The van der Waals surface area contributed by atoms with Gasteiger partial charge >= 0.3 is 6.18 Å². The van der Waals surface area contributed by atoms with Crippen LogP contribution >= 0.6 is 0 Å². The first-order chi connectivity index (χ1) is 10.9. The second-order valence-corrected chi connectivity index (χ2v) is 5.67. The van der Waals surface area contributed by atoms with Crippen molar-refractivity contribution in [2.45, 2.75) is 31.3 Å². The second kappa shape index (κ2) is 6.25. The highest BCUT2D eigenvalue weighted by molar-refractivity contribution is 5.33. The molecule has 7 heteroatoms. The van der Waals surface area contributed by atoms with Crippen LogP contribution in [0.4, 0.5) is 13.2 Å². The Kier molecular flexibility index (Phi) is 4.32. The summed E-state index contributed by atoms with van der Waals surface area (Å²) < 4.78 is 39.8. The van der Waals surface area contributed by atoms with Crippen LogP contribution in [0.25, 0.3) is 0 Å². The van der Waals surface area contributed by atoms with Crippen LogP contribution in [0.3, 0.4) is 0 Å². The Morgan fingerprint density at radius 2 is 1.87 bits per heavy atom. The van der Waals surface area contributed by atoms with Crippen LogP contribution in [-0.4, -0.2) is 32.6 Å². The number of rotatable bonds is 3. The van der Waals surface area contributed by atoms with Crippen molar-refractivity contribution >= 4 is 0 Å². The van der Waals surface area contributed by atoms with Gasteiger partial charge in [0.15, 0.2) is 0 Å². The van der Waals surface area contributed by atoms with Gasteiger partial charge in [-0.15, -0.1) is 0 Å². The number of halogens is 3. The summed E-state index contributed by atoms with van der Waals surface area (Å²) in [7, 11) is 0. The van der Waals surface area contributed by atoms with E-state index in [-0.39, 0.29) is 12.0 Å². The van der Waals surface area contributed by atoms with Crippen LogP contribution in [0.1, 0.15) is 29.2 Å². The Labute approximate surface area is 131 Å². The number of benzene rings is 1. The van der Waals surface area contributed by atoms with Crippen molar-refractivity contribution in [2.24, 2.45) is 0 Å². The Bertz CT molecular complexity index is 663. The number of β-amino-alcohol motifs (C(OH)–C–C–N with tert-alkyl or cyclic N) is 1. The molecule has 1 aromatic carbocycles. The van der Waals surface area contributed by atoms with Gasteiger partial charge in [-0.1, -0.05) is 18.2 Å². The van der Waals surface area contributed by atoms with Gasteiger partial charge in [0.05, 0.1) is 11.7 Å². The van der Waals surface area contributed by atoms with E-state index >= 15 is 0 Å². The van der Waals surface area contributed by atoms with Gasteiger partial charge in [0.25, 0.3) is 0 Å². The lowest BCUT2D eigenvalue weighted by Gasteiger charge is -2.26. The van der Waals surface area contributed by atoms with E-state index in [1.807, 2.05) is 4.90 Å². The molecule has 0 radical (unpaired) electrons. The van der Waals surface area contributed by atoms with Gasteiger partial charge in [0.1, 0.15) is 6.33 Å². The van der Waals surface area contributed by atoms with Crippen molar-refractivity contribution in [3.63, 3.8) is 0 Å². The SMILES string of the molecule is OC1CC(c2ccccc2C(F)(F)F)N(Cc2cncnc2)C1. The molecule has 3 rings (SSSR count). The number of hydrogen-bond acceptors (Lipinski definition) is 4. The zero-order chi connectivity index (χ0) is 16.4. The van der Waals surface area contributed by atoms with Gasteiger partial charge in [-0.3, -0.25) is 4.90 Å². The molecule has 0 saturated carbocycles. The molecule has 1 aliphatic rings. The molecule has 1 fully saturated rings. The topological polar surface area (TPSA) is 49.2 Å². The van der Waals surface area contributed by atoms with E-state index in [1.54, 1.807) is 18.5 Å². The summed E-state index contributed by atoms with van der Waals surface area (Å²) in [4.78, 5) is 9.68. The molecule has 2 unspecified atom stereocenters. The van der Waals surface area contributed by atoms with Crippen LogP contribution in [0.5, 0.6) is 0 Å². The van der Waals surface area contributed by atoms with Gasteiger partial charge in [0, 0.05) is 37.1 Å². The summed E-state index contributed by atoms with van der Waals surface area (Å²) in [5, 5.41) is 9.95. The van der Waals surface area contributed by atoms with Gasteiger partial charge in [-0.2, -0.15) is 13.2 Å². The second-order valence-electron chi connectivity index (χ2n) is 5.67. The third-order valence-corrected chi connectivity index (χ3v) is 4.01. The molecule has 1 N–H and O–H groups in total. The summed E-state index contributed by atoms with van der Waals surface area (Å²) >= 11 is 0. The molecule has 122 valence electrons.